The lowest BCUT2D eigenvalue weighted by Crippen LogP contribution is -2.39. The number of nitrogens with one attached hydrogen (secondary N) is 2. The van der Waals surface area contributed by atoms with E-state index in [1.165, 1.54) is 6.26 Å². The molecule has 1 aliphatic rings. The first-order valence-corrected chi connectivity index (χ1v) is 6.67. The van der Waals surface area contributed by atoms with Gasteiger partial charge in [0.2, 0.25) is 5.91 Å². The number of nitrogens with zero attached hydrogens (tertiary/aromatic N) is 1. The number of carbonyl (C=O) groups is 2. The summed E-state index contributed by atoms with van der Waals surface area (Å²) in [4.78, 5) is 25.3. The van der Waals surface area contributed by atoms with Gasteiger partial charge in [0.05, 0.1) is 6.26 Å². The van der Waals surface area contributed by atoms with Crippen molar-refractivity contribution < 1.29 is 14.0 Å². The minimum Gasteiger partial charge on any atom is -0.459 e. The molecule has 0 saturated carbocycles. The molecule has 0 bridgehead atoms. The van der Waals surface area contributed by atoms with Gasteiger partial charge in [-0.25, -0.2) is 5.84 Å². The first-order valence-electron chi connectivity index (χ1n) is 6.67. The highest BCUT2D eigenvalue weighted by atomic mass is 16.3. The maximum atomic E-state index is 11.6. The summed E-state index contributed by atoms with van der Waals surface area (Å²) in [6.07, 6.45) is 3.14. The van der Waals surface area contributed by atoms with Crippen LogP contribution in [0.4, 0.5) is 0 Å². The molecule has 110 valence electrons. The second-order valence-electron chi connectivity index (χ2n) is 4.91. The van der Waals surface area contributed by atoms with E-state index in [2.05, 4.69) is 15.6 Å². The molecule has 1 fully saturated rings. The number of likely N-dealkylation sites (tertiary alicyclic amines) is 1. The molecule has 2 amide bonds. The molecule has 4 N–H and O–H groups in total. The van der Waals surface area contributed by atoms with Crippen LogP contribution in [0.1, 0.15) is 29.0 Å². The van der Waals surface area contributed by atoms with Crippen LogP contribution in [0.2, 0.25) is 0 Å². The summed E-state index contributed by atoms with van der Waals surface area (Å²) in [5, 5.41) is 2.69. The molecule has 1 aromatic rings. The molecular formula is C13H20N4O3. The van der Waals surface area contributed by atoms with Crippen LogP contribution in [-0.4, -0.2) is 36.9 Å². The Hall–Kier alpha value is -1.86. The van der Waals surface area contributed by atoms with Crippen molar-refractivity contribution in [2.24, 2.45) is 11.8 Å². The number of nitrogen functional groups attached to an aromatic ring is 1. The van der Waals surface area contributed by atoms with Crippen molar-refractivity contribution in [3.05, 3.63) is 23.7 Å². The number of furan rings is 1. The minimum absolute atomic E-state index is 0.0902. The number of nitrogens with two attached hydrogens (primary N) is 1. The normalized spacial score (nSPS) is 16.9. The number of rotatable bonds is 4. The number of piperidine rings is 1. The van der Waals surface area contributed by atoms with Crippen molar-refractivity contribution in [3.63, 3.8) is 0 Å². The molecule has 2 rings (SSSR count). The SMILES string of the molecule is CNC(=O)C1CCN(Cc2ccoc2C(=O)NN)CC1. The third-order valence-corrected chi connectivity index (χ3v) is 3.68. The van der Waals surface area contributed by atoms with Gasteiger partial charge in [0, 0.05) is 25.1 Å². The highest BCUT2D eigenvalue weighted by molar-refractivity contribution is 5.92. The van der Waals surface area contributed by atoms with Crippen molar-refractivity contribution in [1.29, 1.82) is 0 Å². The van der Waals surface area contributed by atoms with Crippen LogP contribution in [0.3, 0.4) is 0 Å². The first kappa shape index (κ1) is 14.5. The fourth-order valence-corrected chi connectivity index (χ4v) is 2.52. The van der Waals surface area contributed by atoms with Crippen LogP contribution in [0.15, 0.2) is 16.7 Å². The molecule has 0 aromatic carbocycles. The largest absolute Gasteiger partial charge is 0.459 e. The summed E-state index contributed by atoms with van der Waals surface area (Å²) in [7, 11) is 1.66. The van der Waals surface area contributed by atoms with Crippen LogP contribution in [0.5, 0.6) is 0 Å². The Labute approximate surface area is 117 Å². The monoisotopic (exact) mass is 280 g/mol. The van der Waals surface area contributed by atoms with Crippen LogP contribution in [-0.2, 0) is 11.3 Å². The summed E-state index contributed by atoms with van der Waals surface area (Å²) in [6.45, 7) is 2.28. The average Bonchev–Trinajstić information content (AvgIpc) is 2.94. The van der Waals surface area contributed by atoms with Gasteiger partial charge in [0.1, 0.15) is 0 Å². The Morgan fingerprint density at radius 1 is 1.45 bits per heavy atom. The van der Waals surface area contributed by atoms with Crippen LogP contribution in [0, 0.1) is 5.92 Å². The average molecular weight is 280 g/mol. The van der Waals surface area contributed by atoms with Crippen molar-refractivity contribution in [2.75, 3.05) is 20.1 Å². The fourth-order valence-electron chi connectivity index (χ4n) is 2.52. The molecule has 1 saturated heterocycles. The van der Waals surface area contributed by atoms with Gasteiger partial charge in [-0.3, -0.25) is 19.9 Å². The molecule has 20 heavy (non-hydrogen) atoms. The van der Waals surface area contributed by atoms with Gasteiger partial charge in [-0.05, 0) is 32.0 Å². The number of hydrogen-bond donors (Lipinski definition) is 3. The van der Waals surface area contributed by atoms with E-state index in [0.29, 0.717) is 6.54 Å². The van der Waals surface area contributed by atoms with Gasteiger partial charge >= 0.3 is 5.91 Å². The summed E-state index contributed by atoms with van der Waals surface area (Å²) in [5.74, 6) is 5.14. The molecule has 0 unspecified atom stereocenters. The molecule has 1 aliphatic heterocycles. The quantitative estimate of drug-likeness (QED) is 0.404. The van der Waals surface area contributed by atoms with E-state index in [-0.39, 0.29) is 17.6 Å². The highest BCUT2D eigenvalue weighted by Gasteiger charge is 2.25. The first-order chi connectivity index (χ1) is 9.65. The molecule has 0 radical (unpaired) electrons. The Bertz CT molecular complexity index is 478. The van der Waals surface area contributed by atoms with Gasteiger partial charge in [-0.15, -0.1) is 0 Å². The highest BCUT2D eigenvalue weighted by Crippen LogP contribution is 2.20. The van der Waals surface area contributed by atoms with Crippen molar-refractivity contribution in [1.82, 2.24) is 15.6 Å². The lowest BCUT2D eigenvalue weighted by molar-refractivity contribution is -0.125. The summed E-state index contributed by atoms with van der Waals surface area (Å²) in [5.41, 5.74) is 2.88. The Balaban J connectivity index is 1.91. The minimum atomic E-state index is -0.426. The second-order valence-corrected chi connectivity index (χ2v) is 4.91. The molecular weight excluding hydrogens is 260 g/mol. The van der Waals surface area contributed by atoms with E-state index in [0.717, 1.165) is 31.5 Å². The molecule has 0 aliphatic carbocycles. The zero-order valence-corrected chi connectivity index (χ0v) is 11.5. The Morgan fingerprint density at radius 2 is 2.15 bits per heavy atom. The number of amides is 2. The third kappa shape index (κ3) is 3.17. The molecule has 1 aromatic heterocycles. The van der Waals surface area contributed by atoms with Crippen molar-refractivity contribution in [2.45, 2.75) is 19.4 Å². The maximum absolute atomic E-state index is 11.6. The van der Waals surface area contributed by atoms with E-state index in [1.807, 2.05) is 0 Å². The molecule has 7 nitrogen and oxygen atoms in total. The van der Waals surface area contributed by atoms with E-state index < -0.39 is 5.91 Å². The van der Waals surface area contributed by atoms with E-state index in [4.69, 9.17) is 10.3 Å². The number of carbonyl (C=O) groups excluding carboxylic acids is 2. The molecule has 0 spiro atoms. The second kappa shape index (κ2) is 6.53. The van der Waals surface area contributed by atoms with Gasteiger partial charge < -0.3 is 9.73 Å². The number of hydrazine groups is 1. The van der Waals surface area contributed by atoms with Crippen LogP contribution < -0.4 is 16.6 Å². The van der Waals surface area contributed by atoms with E-state index in [9.17, 15) is 9.59 Å². The van der Waals surface area contributed by atoms with E-state index >= 15 is 0 Å². The Morgan fingerprint density at radius 3 is 2.75 bits per heavy atom. The van der Waals surface area contributed by atoms with Gasteiger partial charge in [0.15, 0.2) is 5.76 Å². The Kier molecular flexibility index (Phi) is 4.75. The zero-order valence-electron chi connectivity index (χ0n) is 11.5. The predicted octanol–water partition coefficient (Wildman–Crippen LogP) is -0.159. The molecule has 0 atom stereocenters. The predicted molar refractivity (Wildman–Crippen MR) is 72.4 cm³/mol. The lowest BCUT2D eigenvalue weighted by atomic mass is 9.95. The lowest BCUT2D eigenvalue weighted by Gasteiger charge is -2.30. The fraction of sp³-hybridized carbons (Fsp3) is 0.538. The van der Waals surface area contributed by atoms with Crippen LogP contribution in [0.25, 0.3) is 0 Å². The van der Waals surface area contributed by atoms with Crippen molar-refractivity contribution >= 4 is 11.8 Å². The van der Waals surface area contributed by atoms with Crippen LogP contribution >= 0.6 is 0 Å². The zero-order chi connectivity index (χ0) is 14.5. The topological polar surface area (TPSA) is 101 Å². The van der Waals surface area contributed by atoms with Gasteiger partial charge in [0.25, 0.3) is 0 Å². The standard InChI is InChI=1S/C13H20N4O3/c1-15-12(18)9-2-5-17(6-3-9)8-10-4-7-20-11(10)13(19)16-14/h4,7,9H,2-3,5-6,8,14H2,1H3,(H,15,18)(H,16,19). The van der Waals surface area contributed by atoms with Gasteiger partial charge in [-0.1, -0.05) is 0 Å². The molecule has 2 heterocycles. The van der Waals surface area contributed by atoms with Gasteiger partial charge in [-0.2, -0.15) is 0 Å². The number of hydrogen-bond acceptors (Lipinski definition) is 5. The summed E-state index contributed by atoms with van der Waals surface area (Å²) < 4.78 is 5.15. The maximum Gasteiger partial charge on any atom is 0.301 e. The molecule has 7 heteroatoms. The van der Waals surface area contributed by atoms with Crippen molar-refractivity contribution in [3.8, 4) is 0 Å². The smallest absolute Gasteiger partial charge is 0.301 e. The summed E-state index contributed by atoms with van der Waals surface area (Å²) >= 11 is 0. The third-order valence-electron chi connectivity index (χ3n) is 3.68. The summed E-state index contributed by atoms with van der Waals surface area (Å²) in [6, 6.07) is 1.77. The van der Waals surface area contributed by atoms with E-state index in [1.54, 1.807) is 13.1 Å².